The molecule has 111 heavy (non-hydrogen) atoms. The van der Waals surface area contributed by atoms with Gasteiger partial charge >= 0.3 is 5.97 Å². The van der Waals surface area contributed by atoms with E-state index in [1.54, 1.807) is 0 Å². The van der Waals surface area contributed by atoms with Gasteiger partial charge in [-0.3, -0.25) is 24.0 Å². The predicted molar refractivity (Wildman–Crippen MR) is 341 cm³/mol. The lowest BCUT2D eigenvalue weighted by atomic mass is 9.88. The molecule has 50 heteroatoms. The van der Waals surface area contributed by atoms with Gasteiger partial charge in [0.2, 0.25) is 29.5 Å². The minimum atomic E-state index is -3.14. The Morgan fingerprint density at radius 3 is 1.26 bits per heavy atom. The summed E-state index contributed by atoms with van der Waals surface area (Å²) in [6.45, 7) is -6.45. The third kappa shape index (κ3) is 20.8. The van der Waals surface area contributed by atoms with Gasteiger partial charge in [0.05, 0.1) is 65.0 Å². The number of nitrogens with one attached hydrogen (secondary N) is 5. The number of aliphatic hydroxyl groups is 23. The summed E-state index contributed by atoms with van der Waals surface area (Å²) in [6.07, 6.45) is -75.4. The number of ether oxygens (including phenoxy) is 15. The molecule has 8 aliphatic rings. The highest BCUT2D eigenvalue weighted by molar-refractivity contribution is 5.78. The number of carboxylic acids is 1. The Labute approximate surface area is 627 Å². The molecule has 0 aliphatic carbocycles. The van der Waals surface area contributed by atoms with Crippen LogP contribution in [0.2, 0.25) is 0 Å². The summed E-state index contributed by atoms with van der Waals surface area (Å²) in [5, 5.41) is 276. The van der Waals surface area contributed by atoms with Crippen LogP contribution in [0.1, 0.15) is 34.1 Å². The van der Waals surface area contributed by atoms with E-state index in [2.05, 4.69) is 26.6 Å². The van der Waals surface area contributed by atoms with Gasteiger partial charge in [0, 0.05) is 34.1 Å². The topological polar surface area (TPSA) is 787 Å². The smallest absolute Gasteiger partial charge is 0.364 e. The Balaban J connectivity index is 1.08. The van der Waals surface area contributed by atoms with Crippen molar-refractivity contribution < 1.29 is 222 Å². The van der Waals surface area contributed by atoms with Crippen LogP contribution in [0.5, 0.6) is 0 Å². The summed E-state index contributed by atoms with van der Waals surface area (Å²) in [6, 6.07) is -9.31. The molecule has 0 bridgehead atoms. The van der Waals surface area contributed by atoms with E-state index in [1.807, 2.05) is 0 Å². The summed E-state index contributed by atoms with van der Waals surface area (Å²) >= 11 is 0. The molecular weight excluding hydrogens is 1520 g/mol. The molecule has 640 valence electrons. The van der Waals surface area contributed by atoms with Gasteiger partial charge in [-0.15, -0.1) is 0 Å². The molecular formula is C61H101N5O45. The number of aliphatic hydroxyl groups excluding tert-OH is 23. The van der Waals surface area contributed by atoms with E-state index >= 15 is 0 Å². The Kier molecular flexibility index (Phi) is 33.1. The fourth-order valence-electron chi connectivity index (χ4n) is 14.0. The third-order valence-electron chi connectivity index (χ3n) is 19.7. The highest BCUT2D eigenvalue weighted by Gasteiger charge is 2.62. The van der Waals surface area contributed by atoms with Crippen molar-refractivity contribution in [1.29, 1.82) is 0 Å². The molecule has 0 unspecified atom stereocenters. The minimum absolute atomic E-state index is 0.774. The molecule has 0 saturated carbocycles. The van der Waals surface area contributed by atoms with Crippen molar-refractivity contribution >= 4 is 35.5 Å². The monoisotopic (exact) mass is 1620 g/mol. The number of hydrogen-bond acceptors (Lipinski definition) is 44. The van der Waals surface area contributed by atoms with E-state index < -0.39 is 352 Å². The lowest BCUT2D eigenvalue weighted by Gasteiger charge is -2.51. The van der Waals surface area contributed by atoms with Gasteiger partial charge < -0.3 is 220 Å². The van der Waals surface area contributed by atoms with Gasteiger partial charge in [0.25, 0.3) is 5.79 Å². The van der Waals surface area contributed by atoms with E-state index in [1.165, 1.54) is 0 Å². The van der Waals surface area contributed by atoms with Crippen LogP contribution < -0.4 is 26.6 Å². The maximum atomic E-state index is 13.1. The number of hydrogen-bond donors (Lipinski definition) is 29. The SMILES string of the molecule is CC(=O)N[C@@H]1[C@@H](O)[C@H](O[C@@H]2O[C@H](CO)[C@@H](O[C@@H]3O[C@H](CO[C@H]4O[C@H](CO)[C@@H](O)[C@H](O)[C@@H]4O)[C@@H](O)[C@H](O[C@H]4O[C@H](CO)[C@@H](O)[C@H](O)[C@@H]4O[C@@H]4O[C@H](CO)[C@@H](O[C@@H]5O[C@H](CO[C@]6(C(=O)O)C[C@H](O)[C@@H](NC(=O)CO)[C@H]([C@H](O)[C@H](O)CO)O6)[C@H](O)[C@H](O)[C@H]5NC(C)=O)[C@H](O)[C@H]4NC(C)=O)[C@@H]3O)[C@H](O)[C@H]2NC(C)=O)[C@@H](CO)O[C@H]1O. The van der Waals surface area contributed by atoms with Crippen LogP contribution in [-0.4, -0.2) is 468 Å². The first-order valence-electron chi connectivity index (χ1n) is 34.9. The average molecular weight is 1620 g/mol. The molecule has 29 N–H and O–H groups in total. The first-order valence-corrected chi connectivity index (χ1v) is 34.9. The summed E-state index contributed by atoms with van der Waals surface area (Å²) in [7, 11) is 0. The number of carbonyl (C=O) groups is 6. The Hall–Kier alpha value is -4.70. The number of carbonyl (C=O) groups excluding carboxylic acids is 5. The van der Waals surface area contributed by atoms with Crippen molar-refractivity contribution in [2.24, 2.45) is 0 Å². The van der Waals surface area contributed by atoms with Crippen LogP contribution >= 0.6 is 0 Å². The lowest BCUT2D eigenvalue weighted by molar-refractivity contribution is -0.396. The van der Waals surface area contributed by atoms with Crippen LogP contribution in [-0.2, 0) is 99.8 Å². The van der Waals surface area contributed by atoms with Gasteiger partial charge in [-0.05, 0) is 0 Å². The second-order valence-electron chi connectivity index (χ2n) is 27.6. The number of carboxylic acid groups (broad SMARTS) is 1. The highest BCUT2D eigenvalue weighted by atomic mass is 16.8. The van der Waals surface area contributed by atoms with Crippen molar-refractivity contribution in [2.45, 2.75) is 285 Å². The number of aliphatic carboxylic acids is 1. The molecule has 0 spiro atoms. The molecule has 41 atom stereocenters. The van der Waals surface area contributed by atoms with E-state index in [0.29, 0.717) is 0 Å². The van der Waals surface area contributed by atoms with Gasteiger partial charge in [0.1, 0.15) is 196 Å². The molecule has 0 aromatic rings. The van der Waals surface area contributed by atoms with E-state index in [4.69, 9.17) is 71.1 Å². The summed E-state index contributed by atoms with van der Waals surface area (Å²) in [5.74, 6) is -10.1. The van der Waals surface area contributed by atoms with Crippen LogP contribution in [0.15, 0.2) is 0 Å². The molecule has 8 rings (SSSR count). The molecule has 8 heterocycles. The average Bonchev–Trinajstić information content (AvgIpc) is 0.769. The molecule has 8 fully saturated rings. The Morgan fingerprint density at radius 2 is 0.784 bits per heavy atom. The van der Waals surface area contributed by atoms with Crippen LogP contribution in [0.25, 0.3) is 0 Å². The lowest BCUT2D eigenvalue weighted by Crippen LogP contribution is -2.71. The molecule has 5 amide bonds. The van der Waals surface area contributed by atoms with E-state index in [-0.39, 0.29) is 0 Å². The van der Waals surface area contributed by atoms with Gasteiger partial charge in [-0.25, -0.2) is 4.79 Å². The number of rotatable bonds is 31. The standard InChI is InChI=1S/C61H101N5O45/c1-15(74)62-30-40(87)47(23(9-70)99-53(30)94)106-55-32(64-17(3)76)42(89)49(25(11-72)102-55)108-58-46(93)51(38(85)26(105-58)13-97-57-45(92)43(90)35(82)21(7-68)100-57)109-59-52(44(91)36(83)22(8-69)101-59)110-56-33(65-18(4)77)41(88)48(24(10-71)103-56)107-54-31(63-16(2)75)39(86)37(84)27(104-54)14-98-61(60(95)96)5-19(78)29(66-28(80)12-73)50(111-61)34(81)20(79)6-67/h19-27,29-59,67-73,78-79,81-94H,5-14H2,1-4H3,(H,62,74)(H,63,75)(H,64,76)(H,65,77)(H,66,80)(H,95,96)/t19-,20+,21+,22+,23+,24+,25+,26+,27+,29+,30+,31+,32+,33+,34+,35+,36+,37-,38+,39+,40+,41+,42+,43-,44-,45-,46-,47+,48+,49+,50+,51-,52-,53+,54-,55-,56-,57-,58-,59+,61+/m0/s1. The van der Waals surface area contributed by atoms with Crippen LogP contribution in [0.3, 0.4) is 0 Å². The van der Waals surface area contributed by atoms with Crippen molar-refractivity contribution in [1.82, 2.24) is 26.6 Å². The zero-order valence-electron chi connectivity index (χ0n) is 59.5. The molecule has 0 aromatic carbocycles. The Bertz CT molecular complexity index is 3020. The summed E-state index contributed by atoms with van der Waals surface area (Å²) in [4.78, 5) is 76.1. The van der Waals surface area contributed by atoms with Crippen LogP contribution in [0, 0.1) is 0 Å². The van der Waals surface area contributed by atoms with Crippen molar-refractivity contribution in [3.05, 3.63) is 0 Å². The third-order valence-corrected chi connectivity index (χ3v) is 19.7. The second kappa shape index (κ2) is 40.0. The summed E-state index contributed by atoms with van der Waals surface area (Å²) < 4.78 is 88.2. The normalized spacial score (nSPS) is 45.5. The largest absolute Gasteiger partial charge is 0.477 e. The highest BCUT2D eigenvalue weighted by Crippen LogP contribution is 2.40. The molecule has 0 radical (unpaired) electrons. The zero-order valence-corrected chi connectivity index (χ0v) is 59.5. The maximum Gasteiger partial charge on any atom is 0.364 e. The van der Waals surface area contributed by atoms with Gasteiger partial charge in [-0.2, -0.15) is 0 Å². The van der Waals surface area contributed by atoms with Crippen LogP contribution in [0.4, 0.5) is 0 Å². The zero-order chi connectivity index (χ0) is 82.3. The maximum absolute atomic E-state index is 13.1. The van der Waals surface area contributed by atoms with Gasteiger partial charge in [-0.1, -0.05) is 0 Å². The van der Waals surface area contributed by atoms with Crippen molar-refractivity contribution in [2.75, 3.05) is 59.5 Å². The molecule has 0 aromatic heterocycles. The Morgan fingerprint density at radius 1 is 0.387 bits per heavy atom. The van der Waals surface area contributed by atoms with Crippen molar-refractivity contribution in [3.63, 3.8) is 0 Å². The minimum Gasteiger partial charge on any atom is -0.477 e. The molecule has 8 aliphatic heterocycles. The van der Waals surface area contributed by atoms with Crippen molar-refractivity contribution in [3.8, 4) is 0 Å². The first-order chi connectivity index (χ1) is 52.3. The fourth-order valence-corrected chi connectivity index (χ4v) is 14.0. The number of amides is 5. The second-order valence-corrected chi connectivity index (χ2v) is 27.6. The van der Waals surface area contributed by atoms with E-state index in [9.17, 15) is 151 Å². The van der Waals surface area contributed by atoms with Gasteiger partial charge in [0.15, 0.2) is 44.0 Å². The quantitative estimate of drug-likeness (QED) is 0.0306. The fraction of sp³-hybridized carbons (Fsp3) is 0.902. The molecule has 8 saturated heterocycles. The molecule has 50 nitrogen and oxygen atoms in total. The summed E-state index contributed by atoms with van der Waals surface area (Å²) in [5.41, 5.74) is 0. The predicted octanol–water partition coefficient (Wildman–Crippen LogP) is -19.6. The van der Waals surface area contributed by atoms with E-state index in [0.717, 1.165) is 27.7 Å². The first kappa shape index (κ1) is 91.8.